The van der Waals surface area contributed by atoms with Crippen LogP contribution in [0.2, 0.25) is 0 Å². The molecule has 0 bridgehead atoms. The first-order chi connectivity index (χ1) is 8.31. The highest BCUT2D eigenvalue weighted by Crippen LogP contribution is 2.09. The Morgan fingerprint density at radius 1 is 1.29 bits per heavy atom. The monoisotopic (exact) mass is 229 g/mol. The first-order valence-electron chi connectivity index (χ1n) is 5.23. The zero-order valence-corrected chi connectivity index (χ0v) is 9.13. The minimum Gasteiger partial charge on any atom is -0.396 e. The van der Waals surface area contributed by atoms with Crippen LogP contribution in [0.1, 0.15) is 22.8 Å². The molecule has 0 aliphatic heterocycles. The summed E-state index contributed by atoms with van der Waals surface area (Å²) in [5, 5.41) is 21.1. The number of nitrogens with zero attached hydrogens (tertiary/aromatic N) is 3. The van der Waals surface area contributed by atoms with Crippen LogP contribution < -0.4 is 0 Å². The molecular weight excluding hydrogens is 218 g/mol. The van der Waals surface area contributed by atoms with Gasteiger partial charge < -0.3 is 9.63 Å². The highest BCUT2D eigenvalue weighted by atomic mass is 16.5. The lowest BCUT2D eigenvalue weighted by atomic mass is 10.1. The molecule has 1 N–H and O–H groups in total. The van der Waals surface area contributed by atoms with Crippen molar-refractivity contribution in [1.82, 2.24) is 10.1 Å². The number of hydrogen-bond acceptors (Lipinski definition) is 5. The van der Waals surface area contributed by atoms with Crippen LogP contribution in [-0.4, -0.2) is 21.9 Å². The van der Waals surface area contributed by atoms with Gasteiger partial charge in [-0.2, -0.15) is 10.2 Å². The van der Waals surface area contributed by atoms with Gasteiger partial charge in [0.05, 0.1) is 24.7 Å². The fraction of sp³-hybridized carbons (Fsp3) is 0.250. The normalized spacial score (nSPS) is 10.1. The Labute approximate surface area is 98.3 Å². The largest absolute Gasteiger partial charge is 0.396 e. The smallest absolute Gasteiger partial charge is 0.231 e. The Balaban J connectivity index is 2.06. The van der Waals surface area contributed by atoms with E-state index in [9.17, 15) is 0 Å². The van der Waals surface area contributed by atoms with Gasteiger partial charge in [0.1, 0.15) is 0 Å². The Kier molecular flexibility index (Phi) is 3.48. The molecule has 0 aliphatic carbocycles. The standard InChI is InChI=1S/C12H11N3O2/c13-8-10-3-1-9(2-4-10)7-12-14-11(5-6-16)15-17-12/h1-4,16H,5-7H2. The Morgan fingerprint density at radius 3 is 2.71 bits per heavy atom. The van der Waals surface area contributed by atoms with Crippen molar-refractivity contribution in [3.05, 3.63) is 47.1 Å². The summed E-state index contributed by atoms with van der Waals surface area (Å²) >= 11 is 0. The first-order valence-corrected chi connectivity index (χ1v) is 5.23. The third-order valence-corrected chi connectivity index (χ3v) is 2.28. The van der Waals surface area contributed by atoms with E-state index < -0.39 is 0 Å². The lowest BCUT2D eigenvalue weighted by Gasteiger charge is -1.95. The van der Waals surface area contributed by atoms with Crippen LogP contribution in [0.5, 0.6) is 0 Å². The van der Waals surface area contributed by atoms with Crippen LogP contribution >= 0.6 is 0 Å². The molecule has 0 saturated carbocycles. The third kappa shape index (κ3) is 2.89. The molecule has 0 spiro atoms. The molecule has 5 nitrogen and oxygen atoms in total. The number of rotatable bonds is 4. The molecule has 0 radical (unpaired) electrons. The van der Waals surface area contributed by atoms with Crippen molar-refractivity contribution in [2.75, 3.05) is 6.61 Å². The molecule has 0 unspecified atom stereocenters. The maximum absolute atomic E-state index is 8.72. The van der Waals surface area contributed by atoms with Gasteiger partial charge in [-0.1, -0.05) is 17.3 Å². The van der Waals surface area contributed by atoms with E-state index in [0.717, 1.165) is 5.56 Å². The quantitative estimate of drug-likeness (QED) is 0.847. The second-order valence-electron chi connectivity index (χ2n) is 3.56. The number of aromatic nitrogens is 2. The van der Waals surface area contributed by atoms with Crippen LogP contribution in [-0.2, 0) is 12.8 Å². The lowest BCUT2D eigenvalue weighted by Crippen LogP contribution is -1.94. The van der Waals surface area contributed by atoms with Gasteiger partial charge in [-0.25, -0.2) is 0 Å². The van der Waals surface area contributed by atoms with Gasteiger partial charge in [-0.05, 0) is 17.7 Å². The van der Waals surface area contributed by atoms with Crippen molar-refractivity contribution in [3.8, 4) is 6.07 Å². The van der Waals surface area contributed by atoms with Gasteiger partial charge in [-0.15, -0.1) is 0 Å². The summed E-state index contributed by atoms with van der Waals surface area (Å²) in [5.74, 6) is 1.02. The molecule has 0 fully saturated rings. The molecule has 0 aliphatic rings. The van der Waals surface area contributed by atoms with Crippen LogP contribution in [0.15, 0.2) is 28.8 Å². The van der Waals surface area contributed by atoms with Crippen molar-refractivity contribution in [2.45, 2.75) is 12.8 Å². The van der Waals surface area contributed by atoms with E-state index in [4.69, 9.17) is 14.9 Å². The maximum Gasteiger partial charge on any atom is 0.231 e. The molecule has 0 atom stereocenters. The van der Waals surface area contributed by atoms with Crippen molar-refractivity contribution < 1.29 is 9.63 Å². The highest BCUT2D eigenvalue weighted by Gasteiger charge is 2.06. The summed E-state index contributed by atoms with van der Waals surface area (Å²) < 4.78 is 5.04. The van der Waals surface area contributed by atoms with Gasteiger partial charge in [0.15, 0.2) is 5.82 Å². The molecule has 1 heterocycles. The second kappa shape index (κ2) is 5.23. The fourth-order valence-corrected chi connectivity index (χ4v) is 1.44. The topological polar surface area (TPSA) is 82.9 Å². The van der Waals surface area contributed by atoms with Gasteiger partial charge in [-0.3, -0.25) is 0 Å². The van der Waals surface area contributed by atoms with E-state index in [0.29, 0.717) is 30.1 Å². The minimum atomic E-state index is 0.00976. The molecule has 0 saturated heterocycles. The summed E-state index contributed by atoms with van der Waals surface area (Å²) in [6, 6.07) is 9.27. The van der Waals surface area contributed by atoms with Gasteiger partial charge in [0, 0.05) is 6.42 Å². The van der Waals surface area contributed by atoms with Gasteiger partial charge in [0.2, 0.25) is 5.89 Å². The predicted octanol–water partition coefficient (Wildman–Crippen LogP) is 1.07. The van der Waals surface area contributed by atoms with Crippen molar-refractivity contribution in [1.29, 1.82) is 5.26 Å². The number of hydrogen-bond donors (Lipinski definition) is 1. The van der Waals surface area contributed by atoms with E-state index in [2.05, 4.69) is 16.2 Å². The minimum absolute atomic E-state index is 0.00976. The molecule has 0 amide bonds. The molecule has 1 aromatic carbocycles. The van der Waals surface area contributed by atoms with Crippen LogP contribution in [0.4, 0.5) is 0 Å². The summed E-state index contributed by atoms with van der Waals surface area (Å²) in [5.41, 5.74) is 1.63. The summed E-state index contributed by atoms with van der Waals surface area (Å²) in [4.78, 5) is 4.14. The average molecular weight is 229 g/mol. The SMILES string of the molecule is N#Cc1ccc(Cc2nc(CCO)no2)cc1. The van der Waals surface area contributed by atoms with E-state index >= 15 is 0 Å². The highest BCUT2D eigenvalue weighted by molar-refractivity contribution is 5.32. The van der Waals surface area contributed by atoms with E-state index in [1.54, 1.807) is 12.1 Å². The van der Waals surface area contributed by atoms with Crippen molar-refractivity contribution in [2.24, 2.45) is 0 Å². The van der Waals surface area contributed by atoms with Crippen LogP contribution in [0.25, 0.3) is 0 Å². The number of benzene rings is 1. The Hall–Kier alpha value is -2.19. The predicted molar refractivity (Wildman–Crippen MR) is 59.1 cm³/mol. The average Bonchev–Trinajstić information content (AvgIpc) is 2.78. The number of nitriles is 1. The van der Waals surface area contributed by atoms with E-state index in [1.165, 1.54) is 0 Å². The zero-order valence-electron chi connectivity index (χ0n) is 9.13. The van der Waals surface area contributed by atoms with Crippen molar-refractivity contribution >= 4 is 0 Å². The van der Waals surface area contributed by atoms with Crippen LogP contribution in [0.3, 0.4) is 0 Å². The molecule has 1 aromatic heterocycles. The summed E-state index contributed by atoms with van der Waals surface area (Å²) in [6.45, 7) is 0.00976. The molecule has 2 aromatic rings. The van der Waals surface area contributed by atoms with Crippen LogP contribution in [0, 0.1) is 11.3 Å². The van der Waals surface area contributed by atoms with Gasteiger partial charge in [0.25, 0.3) is 0 Å². The summed E-state index contributed by atoms with van der Waals surface area (Å²) in [7, 11) is 0. The van der Waals surface area contributed by atoms with E-state index in [1.807, 2.05) is 12.1 Å². The fourth-order valence-electron chi connectivity index (χ4n) is 1.44. The molecule has 17 heavy (non-hydrogen) atoms. The van der Waals surface area contributed by atoms with Gasteiger partial charge >= 0.3 is 0 Å². The maximum atomic E-state index is 8.72. The van der Waals surface area contributed by atoms with E-state index in [-0.39, 0.29) is 6.61 Å². The lowest BCUT2D eigenvalue weighted by molar-refractivity contribution is 0.293. The third-order valence-electron chi connectivity index (χ3n) is 2.28. The second-order valence-corrected chi connectivity index (χ2v) is 3.56. The zero-order chi connectivity index (χ0) is 12.1. The molecular formula is C12H11N3O2. The first kappa shape index (κ1) is 11.3. The molecule has 5 heteroatoms. The summed E-state index contributed by atoms with van der Waals surface area (Å²) in [6.07, 6.45) is 0.932. The molecule has 86 valence electrons. The Morgan fingerprint density at radius 2 is 2.06 bits per heavy atom. The van der Waals surface area contributed by atoms with Crippen molar-refractivity contribution in [3.63, 3.8) is 0 Å². The molecule has 2 rings (SSSR count). The Bertz CT molecular complexity index is 525. The number of aliphatic hydroxyl groups excluding tert-OH is 1. The number of aliphatic hydroxyl groups is 1.